The second-order valence-corrected chi connectivity index (χ2v) is 4.79. The van der Waals surface area contributed by atoms with E-state index in [1.165, 1.54) is 0 Å². The highest BCUT2D eigenvalue weighted by Crippen LogP contribution is 2.13. The minimum atomic E-state index is 0. The Hall–Kier alpha value is -1.30. The number of morpholine rings is 1. The van der Waals surface area contributed by atoms with E-state index in [1.807, 2.05) is 31.2 Å². The van der Waals surface area contributed by atoms with Crippen LogP contribution in [0.2, 0.25) is 0 Å². The standard InChI is InChI=1S/C15H22N2O3.ClH/c1-2-20-14-5-3-4-12(8-14)10-17-15(18)9-13-11-19-7-6-16-13;/h3-5,8,13,16H,2,6-7,9-11H2,1H3,(H,17,18);1H. The lowest BCUT2D eigenvalue weighted by Crippen LogP contribution is -2.44. The van der Waals surface area contributed by atoms with Gasteiger partial charge in [0.25, 0.3) is 0 Å². The lowest BCUT2D eigenvalue weighted by molar-refractivity contribution is -0.122. The molecule has 21 heavy (non-hydrogen) atoms. The lowest BCUT2D eigenvalue weighted by atomic mass is 10.1. The van der Waals surface area contributed by atoms with Crippen molar-refractivity contribution in [1.29, 1.82) is 0 Å². The van der Waals surface area contributed by atoms with E-state index in [0.29, 0.717) is 26.2 Å². The van der Waals surface area contributed by atoms with E-state index in [-0.39, 0.29) is 24.4 Å². The summed E-state index contributed by atoms with van der Waals surface area (Å²) in [7, 11) is 0. The maximum absolute atomic E-state index is 11.9. The number of nitrogens with one attached hydrogen (secondary N) is 2. The predicted octanol–water partition coefficient (Wildman–Crippen LogP) is 1.50. The third-order valence-electron chi connectivity index (χ3n) is 3.13. The molecular formula is C15H23ClN2O3. The highest BCUT2D eigenvalue weighted by molar-refractivity contribution is 5.85. The van der Waals surface area contributed by atoms with E-state index in [2.05, 4.69) is 10.6 Å². The van der Waals surface area contributed by atoms with Gasteiger partial charge in [-0.05, 0) is 24.6 Å². The summed E-state index contributed by atoms with van der Waals surface area (Å²) >= 11 is 0. The van der Waals surface area contributed by atoms with Gasteiger partial charge in [-0.2, -0.15) is 0 Å². The molecule has 0 aromatic heterocycles. The van der Waals surface area contributed by atoms with Gasteiger partial charge in [0.05, 0.1) is 19.8 Å². The van der Waals surface area contributed by atoms with Crippen LogP contribution in [-0.2, 0) is 16.1 Å². The van der Waals surface area contributed by atoms with Gasteiger partial charge in [-0.1, -0.05) is 12.1 Å². The molecule has 118 valence electrons. The minimum absolute atomic E-state index is 0. The van der Waals surface area contributed by atoms with Crippen molar-refractivity contribution in [2.45, 2.75) is 25.9 Å². The molecule has 0 bridgehead atoms. The Morgan fingerprint density at radius 2 is 2.38 bits per heavy atom. The molecule has 1 amide bonds. The lowest BCUT2D eigenvalue weighted by Gasteiger charge is -2.23. The maximum atomic E-state index is 11.9. The number of carbonyl (C=O) groups excluding carboxylic acids is 1. The van der Waals surface area contributed by atoms with Gasteiger partial charge >= 0.3 is 0 Å². The summed E-state index contributed by atoms with van der Waals surface area (Å²) in [6.45, 7) is 5.26. The number of carbonyl (C=O) groups is 1. The molecule has 1 aromatic carbocycles. The van der Waals surface area contributed by atoms with Gasteiger partial charge in [0.15, 0.2) is 0 Å². The zero-order chi connectivity index (χ0) is 14.2. The highest BCUT2D eigenvalue weighted by Gasteiger charge is 2.16. The van der Waals surface area contributed by atoms with Crippen molar-refractivity contribution in [3.05, 3.63) is 29.8 Å². The van der Waals surface area contributed by atoms with Crippen LogP contribution in [0.25, 0.3) is 0 Å². The van der Waals surface area contributed by atoms with Gasteiger partial charge in [-0.15, -0.1) is 12.4 Å². The Morgan fingerprint density at radius 1 is 1.52 bits per heavy atom. The summed E-state index contributed by atoms with van der Waals surface area (Å²) < 4.78 is 10.8. The van der Waals surface area contributed by atoms with Crippen molar-refractivity contribution in [3.8, 4) is 5.75 Å². The summed E-state index contributed by atoms with van der Waals surface area (Å²) in [5.41, 5.74) is 1.04. The molecule has 1 aliphatic rings. The average Bonchev–Trinajstić information content (AvgIpc) is 2.47. The second-order valence-electron chi connectivity index (χ2n) is 4.79. The Labute approximate surface area is 131 Å². The van der Waals surface area contributed by atoms with Gasteiger partial charge in [0.2, 0.25) is 5.91 Å². The topological polar surface area (TPSA) is 59.6 Å². The fraction of sp³-hybridized carbons (Fsp3) is 0.533. The minimum Gasteiger partial charge on any atom is -0.494 e. The first-order chi connectivity index (χ1) is 9.78. The van der Waals surface area contributed by atoms with Gasteiger partial charge < -0.3 is 20.1 Å². The quantitative estimate of drug-likeness (QED) is 0.835. The molecule has 0 aliphatic carbocycles. The van der Waals surface area contributed by atoms with E-state index in [4.69, 9.17) is 9.47 Å². The third kappa shape index (κ3) is 6.33. The zero-order valence-corrected chi connectivity index (χ0v) is 13.1. The summed E-state index contributed by atoms with van der Waals surface area (Å²) in [6, 6.07) is 7.90. The molecule has 0 radical (unpaired) electrons. The molecule has 1 atom stereocenters. The van der Waals surface area contributed by atoms with E-state index in [0.717, 1.165) is 24.5 Å². The van der Waals surface area contributed by atoms with Gasteiger partial charge in [0, 0.05) is 25.6 Å². The average molecular weight is 315 g/mol. The molecule has 1 saturated heterocycles. The van der Waals surface area contributed by atoms with Crippen molar-refractivity contribution in [2.24, 2.45) is 0 Å². The Bertz CT molecular complexity index is 437. The molecule has 1 heterocycles. The molecule has 5 nitrogen and oxygen atoms in total. The van der Waals surface area contributed by atoms with E-state index >= 15 is 0 Å². The van der Waals surface area contributed by atoms with Crippen LogP contribution in [0.5, 0.6) is 5.75 Å². The summed E-state index contributed by atoms with van der Waals surface area (Å²) in [5.74, 6) is 0.872. The number of rotatable bonds is 6. The SMILES string of the molecule is CCOc1cccc(CNC(=O)CC2COCCN2)c1.Cl. The van der Waals surface area contributed by atoms with Crippen LogP contribution >= 0.6 is 12.4 Å². The molecule has 1 aromatic rings. The van der Waals surface area contributed by atoms with Crippen molar-refractivity contribution in [1.82, 2.24) is 10.6 Å². The number of hydrogen-bond donors (Lipinski definition) is 2. The molecule has 0 saturated carbocycles. The number of amides is 1. The molecule has 6 heteroatoms. The normalized spacial score (nSPS) is 17.7. The number of benzene rings is 1. The summed E-state index contributed by atoms with van der Waals surface area (Å²) in [6.07, 6.45) is 0.450. The largest absolute Gasteiger partial charge is 0.494 e. The zero-order valence-electron chi connectivity index (χ0n) is 12.3. The van der Waals surface area contributed by atoms with Crippen LogP contribution in [0.4, 0.5) is 0 Å². The monoisotopic (exact) mass is 314 g/mol. The van der Waals surface area contributed by atoms with E-state index in [1.54, 1.807) is 0 Å². The fourth-order valence-electron chi connectivity index (χ4n) is 2.16. The van der Waals surface area contributed by atoms with Crippen LogP contribution in [0.3, 0.4) is 0 Å². The van der Waals surface area contributed by atoms with Crippen LogP contribution in [0, 0.1) is 0 Å². The first-order valence-electron chi connectivity index (χ1n) is 7.07. The Morgan fingerprint density at radius 3 is 3.10 bits per heavy atom. The predicted molar refractivity (Wildman–Crippen MR) is 83.9 cm³/mol. The molecule has 1 unspecified atom stereocenters. The van der Waals surface area contributed by atoms with Gasteiger partial charge in [0.1, 0.15) is 5.75 Å². The summed E-state index contributed by atoms with van der Waals surface area (Å²) in [4.78, 5) is 11.9. The molecule has 1 fully saturated rings. The van der Waals surface area contributed by atoms with Gasteiger partial charge in [-0.25, -0.2) is 0 Å². The molecule has 1 aliphatic heterocycles. The van der Waals surface area contributed by atoms with Crippen LogP contribution < -0.4 is 15.4 Å². The maximum Gasteiger partial charge on any atom is 0.221 e. The fourth-order valence-corrected chi connectivity index (χ4v) is 2.16. The first-order valence-corrected chi connectivity index (χ1v) is 7.07. The molecular weight excluding hydrogens is 292 g/mol. The van der Waals surface area contributed by atoms with Crippen LogP contribution in [0.15, 0.2) is 24.3 Å². The second kappa shape index (κ2) is 9.60. The van der Waals surface area contributed by atoms with Crippen molar-refractivity contribution >= 4 is 18.3 Å². The van der Waals surface area contributed by atoms with Crippen molar-refractivity contribution in [3.63, 3.8) is 0 Å². The van der Waals surface area contributed by atoms with Gasteiger partial charge in [-0.3, -0.25) is 4.79 Å². The van der Waals surface area contributed by atoms with Crippen molar-refractivity contribution < 1.29 is 14.3 Å². The molecule has 2 N–H and O–H groups in total. The Balaban J connectivity index is 0.00000220. The molecule has 2 rings (SSSR count). The smallest absolute Gasteiger partial charge is 0.221 e. The van der Waals surface area contributed by atoms with E-state index in [9.17, 15) is 4.79 Å². The summed E-state index contributed by atoms with van der Waals surface area (Å²) in [5, 5.41) is 6.19. The number of ether oxygens (including phenoxy) is 2. The number of hydrogen-bond acceptors (Lipinski definition) is 4. The van der Waals surface area contributed by atoms with Crippen molar-refractivity contribution in [2.75, 3.05) is 26.4 Å². The van der Waals surface area contributed by atoms with E-state index < -0.39 is 0 Å². The van der Waals surface area contributed by atoms with Crippen LogP contribution in [-0.4, -0.2) is 38.3 Å². The highest BCUT2D eigenvalue weighted by atomic mass is 35.5. The first kappa shape index (κ1) is 17.8. The Kier molecular flexibility index (Phi) is 8.12. The number of halogens is 1. The molecule has 0 spiro atoms. The van der Waals surface area contributed by atoms with Crippen LogP contribution in [0.1, 0.15) is 18.9 Å². The third-order valence-corrected chi connectivity index (χ3v) is 3.13.